The molecule has 1 N–H and O–H groups in total. The highest BCUT2D eigenvalue weighted by molar-refractivity contribution is 5.25. The minimum Gasteiger partial charge on any atom is -0.492 e. The van der Waals surface area contributed by atoms with Gasteiger partial charge in [-0.25, -0.2) is 0 Å². The van der Waals surface area contributed by atoms with E-state index in [1.807, 2.05) is 30.3 Å². The lowest BCUT2D eigenvalue weighted by molar-refractivity contribution is 0.307. The van der Waals surface area contributed by atoms with E-state index in [9.17, 15) is 0 Å². The second kappa shape index (κ2) is 8.48. The van der Waals surface area contributed by atoms with Crippen molar-refractivity contribution in [2.24, 2.45) is 0 Å². The van der Waals surface area contributed by atoms with Crippen LogP contribution >= 0.6 is 0 Å². The molecule has 1 unspecified atom stereocenters. The van der Waals surface area contributed by atoms with Crippen LogP contribution in [0.25, 0.3) is 0 Å². The van der Waals surface area contributed by atoms with E-state index in [2.05, 4.69) is 43.4 Å². The molecule has 0 radical (unpaired) electrons. The van der Waals surface area contributed by atoms with Crippen LogP contribution in [0.2, 0.25) is 0 Å². The molecular weight excluding hydrogens is 258 g/mol. The van der Waals surface area contributed by atoms with Crippen LogP contribution in [-0.2, 0) is 6.42 Å². The fourth-order valence-corrected chi connectivity index (χ4v) is 2.34. The van der Waals surface area contributed by atoms with Gasteiger partial charge in [0.2, 0.25) is 0 Å². The van der Waals surface area contributed by atoms with Crippen molar-refractivity contribution < 1.29 is 4.74 Å². The summed E-state index contributed by atoms with van der Waals surface area (Å²) in [4.78, 5) is 0. The first-order chi connectivity index (χ1) is 10.3. The monoisotopic (exact) mass is 283 g/mol. The summed E-state index contributed by atoms with van der Waals surface area (Å²) in [5.41, 5.74) is 2.75. The van der Waals surface area contributed by atoms with Gasteiger partial charge in [-0.1, -0.05) is 55.8 Å². The molecule has 0 amide bonds. The van der Waals surface area contributed by atoms with Crippen LogP contribution in [0.4, 0.5) is 0 Å². The van der Waals surface area contributed by atoms with Crippen LogP contribution in [-0.4, -0.2) is 13.2 Å². The van der Waals surface area contributed by atoms with Gasteiger partial charge in [-0.2, -0.15) is 0 Å². The van der Waals surface area contributed by atoms with Gasteiger partial charge < -0.3 is 10.1 Å². The van der Waals surface area contributed by atoms with Gasteiger partial charge in [-0.3, -0.25) is 0 Å². The lowest BCUT2D eigenvalue weighted by atomic mass is 10.0. The van der Waals surface area contributed by atoms with Crippen LogP contribution in [0.3, 0.4) is 0 Å². The SMILES string of the molecule is CCCc1ccc(C(C)NCCOc2ccccc2)cc1. The third-order valence-electron chi connectivity index (χ3n) is 3.58. The Bertz CT molecular complexity index is 507. The average molecular weight is 283 g/mol. The summed E-state index contributed by atoms with van der Waals surface area (Å²) in [6.07, 6.45) is 2.36. The maximum atomic E-state index is 5.68. The standard InChI is InChI=1S/C19H25NO/c1-3-7-17-10-12-18(13-11-17)16(2)20-14-15-21-19-8-5-4-6-9-19/h4-6,8-13,16,20H,3,7,14-15H2,1-2H3. The molecule has 112 valence electrons. The van der Waals surface area contributed by atoms with E-state index in [1.165, 1.54) is 17.5 Å². The number of para-hydroxylation sites is 1. The molecule has 2 aromatic carbocycles. The van der Waals surface area contributed by atoms with E-state index >= 15 is 0 Å². The molecule has 0 aromatic heterocycles. The fraction of sp³-hybridized carbons (Fsp3) is 0.368. The zero-order valence-electron chi connectivity index (χ0n) is 13.0. The zero-order chi connectivity index (χ0) is 14.9. The van der Waals surface area contributed by atoms with Crippen molar-refractivity contribution >= 4 is 0 Å². The van der Waals surface area contributed by atoms with Crippen LogP contribution < -0.4 is 10.1 Å². The quantitative estimate of drug-likeness (QED) is 0.726. The van der Waals surface area contributed by atoms with Crippen molar-refractivity contribution in [3.8, 4) is 5.75 Å². The lowest BCUT2D eigenvalue weighted by Crippen LogP contribution is -2.24. The summed E-state index contributed by atoms with van der Waals surface area (Å²) in [6.45, 7) is 5.93. The van der Waals surface area contributed by atoms with Crippen LogP contribution in [0.5, 0.6) is 5.75 Å². The highest BCUT2D eigenvalue weighted by Crippen LogP contribution is 2.14. The number of ether oxygens (including phenoxy) is 1. The molecule has 2 nitrogen and oxygen atoms in total. The summed E-state index contributed by atoms with van der Waals surface area (Å²) in [6, 6.07) is 19.2. The Morgan fingerprint density at radius 1 is 1.00 bits per heavy atom. The van der Waals surface area contributed by atoms with Crippen LogP contribution in [0, 0.1) is 0 Å². The summed E-state index contributed by atoms with van der Waals surface area (Å²) < 4.78 is 5.68. The molecule has 2 aromatic rings. The van der Waals surface area contributed by atoms with Crippen LogP contribution in [0.15, 0.2) is 54.6 Å². The smallest absolute Gasteiger partial charge is 0.119 e. The minimum absolute atomic E-state index is 0.347. The number of hydrogen-bond acceptors (Lipinski definition) is 2. The summed E-state index contributed by atoms with van der Waals surface area (Å²) >= 11 is 0. The molecular formula is C19H25NO. The number of hydrogen-bond donors (Lipinski definition) is 1. The van der Waals surface area contributed by atoms with E-state index in [0.717, 1.165) is 18.7 Å². The van der Waals surface area contributed by atoms with E-state index in [-0.39, 0.29) is 0 Å². The third-order valence-corrected chi connectivity index (χ3v) is 3.58. The van der Waals surface area contributed by atoms with Gasteiger partial charge in [-0.05, 0) is 36.6 Å². The van der Waals surface area contributed by atoms with Gasteiger partial charge in [0.1, 0.15) is 12.4 Å². The Balaban J connectivity index is 1.72. The summed E-state index contributed by atoms with van der Waals surface area (Å²) in [5, 5.41) is 3.50. The van der Waals surface area contributed by atoms with Gasteiger partial charge in [0, 0.05) is 12.6 Å². The van der Waals surface area contributed by atoms with Gasteiger partial charge in [0.15, 0.2) is 0 Å². The maximum absolute atomic E-state index is 5.68. The molecule has 0 saturated heterocycles. The molecule has 1 atom stereocenters. The summed E-state index contributed by atoms with van der Waals surface area (Å²) in [5.74, 6) is 0.927. The van der Waals surface area contributed by atoms with Crippen molar-refractivity contribution in [2.75, 3.05) is 13.2 Å². The first-order valence-electron chi connectivity index (χ1n) is 7.79. The van der Waals surface area contributed by atoms with E-state index < -0.39 is 0 Å². The molecule has 0 spiro atoms. The lowest BCUT2D eigenvalue weighted by Gasteiger charge is -2.15. The van der Waals surface area contributed by atoms with Crippen molar-refractivity contribution in [1.82, 2.24) is 5.32 Å². The highest BCUT2D eigenvalue weighted by atomic mass is 16.5. The Morgan fingerprint density at radius 2 is 1.71 bits per heavy atom. The van der Waals surface area contributed by atoms with Gasteiger partial charge in [0.05, 0.1) is 0 Å². The first-order valence-corrected chi connectivity index (χ1v) is 7.79. The third kappa shape index (κ3) is 5.24. The molecule has 2 heteroatoms. The van der Waals surface area contributed by atoms with E-state index in [4.69, 9.17) is 4.74 Å². The van der Waals surface area contributed by atoms with E-state index in [1.54, 1.807) is 0 Å². The van der Waals surface area contributed by atoms with Crippen molar-refractivity contribution in [2.45, 2.75) is 32.7 Å². The maximum Gasteiger partial charge on any atom is 0.119 e. The van der Waals surface area contributed by atoms with Crippen molar-refractivity contribution in [1.29, 1.82) is 0 Å². The molecule has 0 aliphatic heterocycles. The molecule has 0 bridgehead atoms. The largest absolute Gasteiger partial charge is 0.492 e. The fourth-order valence-electron chi connectivity index (χ4n) is 2.34. The Kier molecular flexibility index (Phi) is 6.29. The second-order valence-corrected chi connectivity index (χ2v) is 5.33. The average Bonchev–Trinajstić information content (AvgIpc) is 2.53. The van der Waals surface area contributed by atoms with Crippen LogP contribution in [0.1, 0.15) is 37.4 Å². The first kappa shape index (κ1) is 15.6. The summed E-state index contributed by atoms with van der Waals surface area (Å²) in [7, 11) is 0. The minimum atomic E-state index is 0.347. The molecule has 2 rings (SSSR count). The Labute approximate surface area is 128 Å². The van der Waals surface area contributed by atoms with Gasteiger partial charge in [-0.15, -0.1) is 0 Å². The topological polar surface area (TPSA) is 21.3 Å². The van der Waals surface area contributed by atoms with Crippen molar-refractivity contribution in [3.05, 3.63) is 65.7 Å². The number of rotatable bonds is 8. The van der Waals surface area contributed by atoms with Gasteiger partial charge in [0.25, 0.3) is 0 Å². The number of aryl methyl sites for hydroxylation is 1. The Morgan fingerprint density at radius 3 is 2.38 bits per heavy atom. The predicted molar refractivity (Wildman–Crippen MR) is 88.8 cm³/mol. The zero-order valence-corrected chi connectivity index (χ0v) is 13.0. The molecule has 0 fully saturated rings. The molecule has 0 saturated carbocycles. The molecule has 0 heterocycles. The highest BCUT2D eigenvalue weighted by Gasteiger charge is 2.04. The van der Waals surface area contributed by atoms with E-state index in [0.29, 0.717) is 12.6 Å². The molecule has 0 aliphatic carbocycles. The van der Waals surface area contributed by atoms with Gasteiger partial charge >= 0.3 is 0 Å². The second-order valence-electron chi connectivity index (χ2n) is 5.33. The predicted octanol–water partition coefficient (Wildman–Crippen LogP) is 4.37. The Hall–Kier alpha value is -1.80. The van der Waals surface area contributed by atoms with Crippen molar-refractivity contribution in [3.63, 3.8) is 0 Å². The number of nitrogens with one attached hydrogen (secondary N) is 1. The number of benzene rings is 2. The molecule has 21 heavy (non-hydrogen) atoms. The molecule has 0 aliphatic rings. The normalized spacial score (nSPS) is 12.1.